The fraction of sp³-hybridized carbons (Fsp3) is 0.750. The second-order valence-electron chi connectivity index (χ2n) is 3.01. The highest BCUT2D eigenvalue weighted by Gasteiger charge is 2.28. The number of carbonyl (C=O) groups is 2. The van der Waals surface area contributed by atoms with Gasteiger partial charge in [0.15, 0.2) is 0 Å². The summed E-state index contributed by atoms with van der Waals surface area (Å²) in [6, 6.07) is -0.515. The summed E-state index contributed by atoms with van der Waals surface area (Å²) in [4.78, 5) is 27.0. The minimum atomic E-state index is -0.515. The van der Waals surface area contributed by atoms with Gasteiger partial charge in [0.25, 0.3) is 5.91 Å². The van der Waals surface area contributed by atoms with Gasteiger partial charge in [0.05, 0.1) is 12.6 Å². The molecule has 0 aromatic heterocycles. The molecular weight excluding hydrogens is 172 g/mol. The van der Waals surface area contributed by atoms with E-state index in [4.69, 9.17) is 10.6 Å². The zero-order valence-corrected chi connectivity index (χ0v) is 7.66. The van der Waals surface area contributed by atoms with Crippen molar-refractivity contribution in [3.63, 3.8) is 0 Å². The predicted octanol–water partition coefficient (Wildman–Crippen LogP) is -0.196. The van der Waals surface area contributed by atoms with Crippen molar-refractivity contribution in [1.29, 1.82) is 0 Å². The zero-order chi connectivity index (χ0) is 9.84. The lowest BCUT2D eigenvalue weighted by Gasteiger charge is -2.28. The molecule has 0 saturated carbocycles. The SMILES string of the molecule is CCC(=O)ON1CCC[C@H](N)C1=O. The van der Waals surface area contributed by atoms with Gasteiger partial charge in [-0.25, -0.2) is 4.79 Å². The zero-order valence-electron chi connectivity index (χ0n) is 7.66. The molecule has 74 valence electrons. The standard InChI is InChI=1S/C8H14N2O3/c1-2-7(11)13-10-5-3-4-6(9)8(10)12/h6H,2-5,9H2,1H3/t6-/m0/s1. The van der Waals surface area contributed by atoms with Gasteiger partial charge in [0.1, 0.15) is 0 Å². The minimum absolute atomic E-state index is 0.263. The van der Waals surface area contributed by atoms with Gasteiger partial charge >= 0.3 is 5.97 Å². The molecule has 0 bridgehead atoms. The van der Waals surface area contributed by atoms with Crippen molar-refractivity contribution in [3.05, 3.63) is 0 Å². The number of hydrogen-bond acceptors (Lipinski definition) is 4. The molecule has 1 atom stereocenters. The number of carbonyl (C=O) groups excluding carboxylic acids is 2. The molecule has 0 aromatic carbocycles. The Morgan fingerprint density at radius 2 is 2.46 bits per heavy atom. The summed E-state index contributed by atoms with van der Waals surface area (Å²) < 4.78 is 0. The molecule has 0 unspecified atom stereocenters. The Kier molecular flexibility index (Phi) is 3.25. The monoisotopic (exact) mass is 186 g/mol. The maximum atomic E-state index is 11.3. The van der Waals surface area contributed by atoms with Gasteiger partial charge in [0, 0.05) is 6.42 Å². The van der Waals surface area contributed by atoms with Crippen LogP contribution in [0.4, 0.5) is 0 Å². The largest absolute Gasteiger partial charge is 0.338 e. The van der Waals surface area contributed by atoms with Gasteiger partial charge in [-0.2, -0.15) is 5.06 Å². The summed E-state index contributed by atoms with van der Waals surface area (Å²) in [7, 11) is 0. The number of nitrogens with zero attached hydrogens (tertiary/aromatic N) is 1. The van der Waals surface area contributed by atoms with Crippen molar-refractivity contribution >= 4 is 11.9 Å². The average molecular weight is 186 g/mol. The first kappa shape index (κ1) is 9.98. The Bertz CT molecular complexity index is 217. The van der Waals surface area contributed by atoms with Gasteiger partial charge in [-0.15, -0.1) is 0 Å². The van der Waals surface area contributed by atoms with Gasteiger partial charge in [-0.05, 0) is 12.8 Å². The molecule has 1 amide bonds. The molecule has 1 aliphatic heterocycles. The lowest BCUT2D eigenvalue weighted by atomic mass is 10.1. The molecule has 13 heavy (non-hydrogen) atoms. The lowest BCUT2D eigenvalue weighted by molar-refractivity contribution is -0.202. The van der Waals surface area contributed by atoms with Crippen molar-refractivity contribution in [2.45, 2.75) is 32.2 Å². The Balaban J connectivity index is 2.49. The predicted molar refractivity (Wildman–Crippen MR) is 45.3 cm³/mol. The fourth-order valence-corrected chi connectivity index (χ4v) is 1.15. The Morgan fingerprint density at radius 1 is 1.77 bits per heavy atom. The highest BCUT2D eigenvalue weighted by Crippen LogP contribution is 2.10. The Hall–Kier alpha value is -1.10. The third-order valence-electron chi connectivity index (χ3n) is 1.94. The second kappa shape index (κ2) is 4.23. The summed E-state index contributed by atoms with van der Waals surface area (Å²) in [6.07, 6.45) is 1.71. The molecule has 1 aliphatic rings. The van der Waals surface area contributed by atoms with Crippen LogP contribution < -0.4 is 5.73 Å². The van der Waals surface area contributed by atoms with E-state index in [1.807, 2.05) is 0 Å². The normalized spacial score (nSPS) is 23.1. The van der Waals surface area contributed by atoms with Crippen LogP contribution in [0.1, 0.15) is 26.2 Å². The van der Waals surface area contributed by atoms with Crippen LogP contribution in [0.2, 0.25) is 0 Å². The molecule has 1 rings (SSSR count). The molecule has 5 heteroatoms. The van der Waals surface area contributed by atoms with E-state index in [9.17, 15) is 9.59 Å². The summed E-state index contributed by atoms with van der Waals surface area (Å²) in [5.41, 5.74) is 5.50. The third-order valence-corrected chi connectivity index (χ3v) is 1.94. The van der Waals surface area contributed by atoms with Crippen LogP contribution in [-0.2, 0) is 14.4 Å². The van der Waals surface area contributed by atoms with Crippen molar-refractivity contribution in [3.8, 4) is 0 Å². The van der Waals surface area contributed by atoms with Crippen molar-refractivity contribution in [2.24, 2.45) is 5.73 Å². The highest BCUT2D eigenvalue weighted by molar-refractivity contribution is 5.83. The second-order valence-corrected chi connectivity index (χ2v) is 3.01. The van der Waals surface area contributed by atoms with E-state index in [1.165, 1.54) is 0 Å². The van der Waals surface area contributed by atoms with Crippen molar-refractivity contribution in [2.75, 3.05) is 6.54 Å². The topological polar surface area (TPSA) is 72.6 Å². The van der Waals surface area contributed by atoms with Crippen LogP contribution >= 0.6 is 0 Å². The number of nitrogens with two attached hydrogens (primary N) is 1. The van der Waals surface area contributed by atoms with E-state index in [0.29, 0.717) is 13.0 Å². The third kappa shape index (κ3) is 2.42. The molecule has 0 radical (unpaired) electrons. The molecule has 1 saturated heterocycles. The molecule has 0 spiro atoms. The quantitative estimate of drug-likeness (QED) is 0.648. The fourth-order valence-electron chi connectivity index (χ4n) is 1.15. The van der Waals surface area contributed by atoms with Crippen LogP contribution in [0.25, 0.3) is 0 Å². The van der Waals surface area contributed by atoms with E-state index in [-0.39, 0.29) is 12.3 Å². The van der Waals surface area contributed by atoms with E-state index >= 15 is 0 Å². The van der Waals surface area contributed by atoms with Crippen LogP contribution in [0, 0.1) is 0 Å². The molecule has 0 aromatic rings. The lowest BCUT2D eigenvalue weighted by Crippen LogP contribution is -2.48. The maximum Gasteiger partial charge on any atom is 0.332 e. The smallest absolute Gasteiger partial charge is 0.332 e. The first-order valence-electron chi connectivity index (χ1n) is 4.43. The van der Waals surface area contributed by atoms with Gasteiger partial charge in [0.2, 0.25) is 0 Å². The molecule has 5 nitrogen and oxygen atoms in total. The maximum absolute atomic E-state index is 11.3. The first-order valence-corrected chi connectivity index (χ1v) is 4.43. The average Bonchev–Trinajstić information content (AvgIpc) is 2.13. The van der Waals surface area contributed by atoms with Crippen LogP contribution in [0.5, 0.6) is 0 Å². The molecule has 1 fully saturated rings. The van der Waals surface area contributed by atoms with Gasteiger partial charge in [-0.3, -0.25) is 4.79 Å². The summed E-state index contributed by atoms with van der Waals surface area (Å²) in [6.45, 7) is 2.13. The summed E-state index contributed by atoms with van der Waals surface area (Å²) in [5, 5.41) is 1.07. The van der Waals surface area contributed by atoms with Crippen molar-refractivity contribution < 1.29 is 14.4 Å². The minimum Gasteiger partial charge on any atom is -0.338 e. The van der Waals surface area contributed by atoms with Crippen LogP contribution in [0.3, 0.4) is 0 Å². The van der Waals surface area contributed by atoms with Gasteiger partial charge in [-0.1, -0.05) is 6.92 Å². The summed E-state index contributed by atoms with van der Waals surface area (Å²) >= 11 is 0. The highest BCUT2D eigenvalue weighted by atomic mass is 16.7. The van der Waals surface area contributed by atoms with E-state index < -0.39 is 12.0 Å². The summed E-state index contributed by atoms with van der Waals surface area (Å²) in [5.74, 6) is -0.699. The van der Waals surface area contributed by atoms with Crippen LogP contribution in [0.15, 0.2) is 0 Å². The van der Waals surface area contributed by atoms with Gasteiger partial charge < -0.3 is 10.6 Å². The molecule has 0 aliphatic carbocycles. The number of hydrogen-bond donors (Lipinski definition) is 1. The van der Waals surface area contributed by atoms with E-state index in [2.05, 4.69) is 0 Å². The molecular formula is C8H14N2O3. The van der Waals surface area contributed by atoms with E-state index in [0.717, 1.165) is 11.5 Å². The number of piperidine rings is 1. The molecule has 2 N–H and O–H groups in total. The van der Waals surface area contributed by atoms with E-state index in [1.54, 1.807) is 6.92 Å². The number of rotatable bonds is 2. The Morgan fingerprint density at radius 3 is 3.08 bits per heavy atom. The van der Waals surface area contributed by atoms with Crippen molar-refractivity contribution in [1.82, 2.24) is 5.06 Å². The number of hydroxylamine groups is 2. The molecule has 1 heterocycles. The number of amides is 1. The first-order chi connectivity index (χ1) is 6.15. The van der Waals surface area contributed by atoms with Crippen LogP contribution in [-0.4, -0.2) is 29.5 Å². The Labute approximate surface area is 76.8 Å².